The van der Waals surface area contributed by atoms with Gasteiger partial charge < -0.3 is 0 Å². The first-order valence-electron chi connectivity index (χ1n) is 7.61. The molecule has 3 aromatic heterocycles. The Morgan fingerprint density at radius 2 is 1.48 bits per heavy atom. The third-order valence-corrected chi connectivity index (χ3v) is 4.33. The van der Waals surface area contributed by atoms with Crippen LogP contribution in [0.5, 0.6) is 0 Å². The highest BCUT2D eigenvalue weighted by Gasteiger charge is 2.15. The molecule has 108 valence electrons. The maximum atomic E-state index is 4.77. The molecule has 0 N–H and O–H groups in total. The highest BCUT2D eigenvalue weighted by Crippen LogP contribution is 2.34. The van der Waals surface area contributed by atoms with E-state index < -0.39 is 0 Å². The van der Waals surface area contributed by atoms with Gasteiger partial charge in [0.05, 0.1) is 11.2 Å². The zero-order chi connectivity index (χ0) is 15.2. The van der Waals surface area contributed by atoms with E-state index in [0.717, 1.165) is 22.2 Å². The third-order valence-electron chi connectivity index (χ3n) is 4.33. The fraction of sp³-hybridized carbons (Fsp3) is 0. The van der Waals surface area contributed by atoms with E-state index in [2.05, 4.69) is 58.1 Å². The van der Waals surface area contributed by atoms with Crippen molar-refractivity contribution >= 4 is 32.7 Å². The fourth-order valence-corrected chi connectivity index (χ4v) is 3.34. The molecule has 0 spiro atoms. The molecule has 0 amide bonds. The number of para-hydroxylation sites is 1. The summed E-state index contributed by atoms with van der Waals surface area (Å²) < 4.78 is 2.21. The maximum absolute atomic E-state index is 4.77. The van der Waals surface area contributed by atoms with Gasteiger partial charge in [0, 0.05) is 34.7 Å². The second-order valence-corrected chi connectivity index (χ2v) is 5.60. The minimum absolute atomic E-state index is 0.983. The van der Waals surface area contributed by atoms with E-state index in [9.17, 15) is 0 Å². The molecule has 0 aliphatic carbocycles. The molecular formula is C20H13N3. The van der Waals surface area contributed by atoms with Gasteiger partial charge in [0.1, 0.15) is 5.65 Å². The molecule has 0 radical (unpaired) electrons. The average molecular weight is 295 g/mol. The Bertz CT molecular complexity index is 1160. The zero-order valence-electron chi connectivity index (χ0n) is 12.3. The number of fused-ring (bicyclic) bond motifs is 5. The standard InChI is InChI=1S/C20H13N3/c1-2-6-16-14(5-1)13-22-20-19(16)17-7-3-4-8-18(17)23(20)15-9-11-21-12-10-15/h1-13H. The molecule has 23 heavy (non-hydrogen) atoms. The highest BCUT2D eigenvalue weighted by molar-refractivity contribution is 6.19. The van der Waals surface area contributed by atoms with Crippen LogP contribution in [0.4, 0.5) is 0 Å². The van der Waals surface area contributed by atoms with E-state index in [1.807, 2.05) is 30.7 Å². The molecule has 0 unspecified atom stereocenters. The summed E-state index contributed by atoms with van der Waals surface area (Å²) in [6, 6.07) is 20.9. The van der Waals surface area contributed by atoms with Crippen molar-refractivity contribution in [3.05, 3.63) is 79.3 Å². The third kappa shape index (κ3) is 1.70. The van der Waals surface area contributed by atoms with E-state index in [4.69, 9.17) is 4.98 Å². The summed E-state index contributed by atoms with van der Waals surface area (Å²) in [5, 5.41) is 4.83. The van der Waals surface area contributed by atoms with Crippen molar-refractivity contribution in [3.63, 3.8) is 0 Å². The molecule has 0 aliphatic heterocycles. The van der Waals surface area contributed by atoms with Gasteiger partial charge >= 0.3 is 0 Å². The zero-order valence-corrected chi connectivity index (χ0v) is 12.3. The Morgan fingerprint density at radius 1 is 0.739 bits per heavy atom. The van der Waals surface area contributed by atoms with Crippen molar-refractivity contribution in [1.29, 1.82) is 0 Å². The summed E-state index contributed by atoms with van der Waals surface area (Å²) in [6.45, 7) is 0. The van der Waals surface area contributed by atoms with Gasteiger partial charge in [0.25, 0.3) is 0 Å². The van der Waals surface area contributed by atoms with Crippen LogP contribution in [0.15, 0.2) is 79.3 Å². The molecule has 0 atom stereocenters. The molecule has 0 saturated heterocycles. The lowest BCUT2D eigenvalue weighted by molar-refractivity contribution is 1.12. The van der Waals surface area contributed by atoms with Gasteiger partial charge in [-0.3, -0.25) is 9.55 Å². The number of nitrogens with zero attached hydrogens (tertiary/aromatic N) is 3. The predicted molar refractivity (Wildman–Crippen MR) is 93.9 cm³/mol. The largest absolute Gasteiger partial charge is 0.294 e. The molecule has 0 aliphatic rings. The van der Waals surface area contributed by atoms with E-state index in [-0.39, 0.29) is 0 Å². The number of hydrogen-bond donors (Lipinski definition) is 0. The Balaban J connectivity index is 2.07. The molecule has 3 nitrogen and oxygen atoms in total. The van der Waals surface area contributed by atoms with Gasteiger partial charge in [-0.05, 0) is 23.6 Å². The van der Waals surface area contributed by atoms with E-state index >= 15 is 0 Å². The smallest absolute Gasteiger partial charge is 0.146 e. The second kappa shape index (κ2) is 4.65. The first kappa shape index (κ1) is 12.4. The highest BCUT2D eigenvalue weighted by atomic mass is 15.0. The maximum Gasteiger partial charge on any atom is 0.146 e. The van der Waals surface area contributed by atoms with Crippen molar-refractivity contribution in [3.8, 4) is 5.69 Å². The Labute approximate surface area is 132 Å². The lowest BCUT2D eigenvalue weighted by Gasteiger charge is -2.06. The van der Waals surface area contributed by atoms with Gasteiger partial charge in [-0.2, -0.15) is 0 Å². The van der Waals surface area contributed by atoms with Crippen LogP contribution in [0.1, 0.15) is 0 Å². The summed E-state index contributed by atoms with van der Waals surface area (Å²) in [7, 11) is 0. The summed E-state index contributed by atoms with van der Waals surface area (Å²) in [5.74, 6) is 0. The lowest BCUT2D eigenvalue weighted by atomic mass is 10.1. The minimum atomic E-state index is 0.983. The number of aromatic nitrogens is 3. The van der Waals surface area contributed by atoms with Crippen molar-refractivity contribution < 1.29 is 0 Å². The fourth-order valence-electron chi connectivity index (χ4n) is 3.34. The van der Waals surface area contributed by atoms with Gasteiger partial charge in [0.15, 0.2) is 0 Å². The van der Waals surface area contributed by atoms with Gasteiger partial charge in [0.2, 0.25) is 0 Å². The minimum Gasteiger partial charge on any atom is -0.294 e. The van der Waals surface area contributed by atoms with Gasteiger partial charge in [-0.15, -0.1) is 0 Å². The van der Waals surface area contributed by atoms with Crippen molar-refractivity contribution in [2.24, 2.45) is 0 Å². The molecule has 5 rings (SSSR count). The quantitative estimate of drug-likeness (QED) is 0.448. The van der Waals surface area contributed by atoms with Crippen LogP contribution in [-0.4, -0.2) is 14.5 Å². The molecule has 3 heterocycles. The second-order valence-electron chi connectivity index (χ2n) is 5.60. The van der Waals surface area contributed by atoms with Crippen LogP contribution < -0.4 is 0 Å². The predicted octanol–water partition coefficient (Wildman–Crippen LogP) is 4.73. The Hall–Kier alpha value is -3.20. The number of pyridine rings is 2. The summed E-state index contributed by atoms with van der Waals surface area (Å²) in [5.41, 5.74) is 3.22. The molecule has 2 aromatic carbocycles. The topological polar surface area (TPSA) is 30.7 Å². The number of benzene rings is 2. The van der Waals surface area contributed by atoms with Crippen molar-refractivity contribution in [2.45, 2.75) is 0 Å². The van der Waals surface area contributed by atoms with E-state index in [1.54, 1.807) is 0 Å². The van der Waals surface area contributed by atoms with E-state index in [0.29, 0.717) is 0 Å². The number of hydrogen-bond acceptors (Lipinski definition) is 2. The summed E-state index contributed by atoms with van der Waals surface area (Å²) in [6.07, 6.45) is 5.59. The average Bonchev–Trinajstić information content (AvgIpc) is 2.97. The monoisotopic (exact) mass is 295 g/mol. The van der Waals surface area contributed by atoms with Crippen LogP contribution in [0, 0.1) is 0 Å². The molecule has 0 fully saturated rings. The molecule has 0 saturated carbocycles. The molecule has 3 heteroatoms. The summed E-state index contributed by atoms with van der Waals surface area (Å²) in [4.78, 5) is 8.90. The Kier molecular flexibility index (Phi) is 2.50. The van der Waals surface area contributed by atoms with Crippen LogP contribution in [0.25, 0.3) is 38.4 Å². The first-order chi connectivity index (χ1) is 11.4. The van der Waals surface area contributed by atoms with Crippen molar-refractivity contribution in [2.75, 3.05) is 0 Å². The van der Waals surface area contributed by atoms with Crippen molar-refractivity contribution in [1.82, 2.24) is 14.5 Å². The first-order valence-corrected chi connectivity index (χ1v) is 7.61. The summed E-state index contributed by atoms with van der Waals surface area (Å²) >= 11 is 0. The van der Waals surface area contributed by atoms with Crippen LogP contribution in [0.3, 0.4) is 0 Å². The molecule has 0 bridgehead atoms. The molecule has 5 aromatic rings. The number of rotatable bonds is 1. The lowest BCUT2D eigenvalue weighted by Crippen LogP contribution is -1.95. The van der Waals surface area contributed by atoms with Crippen LogP contribution in [0.2, 0.25) is 0 Å². The normalized spacial score (nSPS) is 11.5. The Morgan fingerprint density at radius 3 is 2.35 bits per heavy atom. The van der Waals surface area contributed by atoms with Crippen LogP contribution in [-0.2, 0) is 0 Å². The van der Waals surface area contributed by atoms with Crippen LogP contribution >= 0.6 is 0 Å². The SMILES string of the molecule is c1ccc2c(c1)cnc1c2c2ccccc2n1-c1ccncc1. The van der Waals surface area contributed by atoms with Gasteiger partial charge in [-0.1, -0.05) is 42.5 Å². The molecular weight excluding hydrogens is 282 g/mol. The van der Waals surface area contributed by atoms with E-state index in [1.165, 1.54) is 16.2 Å². The van der Waals surface area contributed by atoms with Gasteiger partial charge in [-0.25, -0.2) is 4.98 Å².